The summed E-state index contributed by atoms with van der Waals surface area (Å²) in [5, 5.41) is 9.28. The van der Waals surface area contributed by atoms with Gasteiger partial charge in [-0.25, -0.2) is 4.39 Å². The van der Waals surface area contributed by atoms with Crippen molar-refractivity contribution in [3.63, 3.8) is 0 Å². The number of rotatable bonds is 4. The van der Waals surface area contributed by atoms with Gasteiger partial charge in [-0.1, -0.05) is 18.2 Å². The van der Waals surface area contributed by atoms with E-state index in [0.717, 1.165) is 0 Å². The summed E-state index contributed by atoms with van der Waals surface area (Å²) >= 11 is 3.15. The molecule has 2 aromatic rings. The molecule has 2 aromatic carbocycles. The first-order valence-electron chi connectivity index (χ1n) is 6.10. The number of carbonyl (C=O) groups is 1. The van der Waals surface area contributed by atoms with E-state index in [2.05, 4.69) is 15.9 Å². The number of nitrogens with zero attached hydrogens (tertiary/aromatic N) is 1. The summed E-state index contributed by atoms with van der Waals surface area (Å²) < 4.78 is 19.2. The van der Waals surface area contributed by atoms with Gasteiger partial charge in [0.15, 0.2) is 5.78 Å². The van der Waals surface area contributed by atoms with Crippen molar-refractivity contribution in [3.8, 4) is 11.8 Å². The molecule has 3 nitrogen and oxygen atoms in total. The Bertz CT molecular complexity index is 687. The number of hydrogen-bond donors (Lipinski definition) is 0. The third kappa shape index (κ3) is 3.11. The third-order valence-corrected chi connectivity index (χ3v) is 3.71. The summed E-state index contributed by atoms with van der Waals surface area (Å²) in [6.07, 6.45) is 0. The van der Waals surface area contributed by atoms with E-state index in [-0.39, 0.29) is 5.56 Å². The fraction of sp³-hybridized carbons (Fsp3) is 0.125. The lowest BCUT2D eigenvalue weighted by Gasteiger charge is -2.11. The zero-order valence-corrected chi connectivity index (χ0v) is 12.7. The second-order valence-electron chi connectivity index (χ2n) is 4.30. The van der Waals surface area contributed by atoms with Crippen LogP contribution < -0.4 is 4.74 Å². The van der Waals surface area contributed by atoms with Crippen molar-refractivity contribution in [2.24, 2.45) is 0 Å². The smallest absolute Gasteiger partial charge is 0.188 e. The number of ether oxygens (including phenoxy) is 1. The van der Waals surface area contributed by atoms with E-state index >= 15 is 0 Å². The van der Waals surface area contributed by atoms with E-state index in [4.69, 9.17) is 4.74 Å². The molecule has 1 unspecified atom stereocenters. The number of hydrogen-bond acceptors (Lipinski definition) is 3. The second kappa shape index (κ2) is 6.51. The molecule has 106 valence electrons. The van der Waals surface area contributed by atoms with Crippen LogP contribution in [-0.2, 0) is 0 Å². The Balaban J connectivity index is 2.41. The van der Waals surface area contributed by atoms with Gasteiger partial charge < -0.3 is 4.74 Å². The summed E-state index contributed by atoms with van der Waals surface area (Å²) in [6, 6.07) is 12.7. The Kier molecular flexibility index (Phi) is 4.71. The van der Waals surface area contributed by atoms with Crippen molar-refractivity contribution in [2.75, 3.05) is 7.11 Å². The molecule has 2 rings (SSSR count). The SMILES string of the molecule is COc1ccc(C(C#N)C(=O)c2c(F)cccc2Br)cc1. The molecule has 5 heteroatoms. The van der Waals surface area contributed by atoms with Crippen LogP contribution in [-0.4, -0.2) is 12.9 Å². The van der Waals surface area contributed by atoms with E-state index in [1.54, 1.807) is 30.3 Å². The van der Waals surface area contributed by atoms with Crippen LogP contribution in [0.4, 0.5) is 4.39 Å². The van der Waals surface area contributed by atoms with Gasteiger partial charge in [0.1, 0.15) is 17.5 Å². The number of halogens is 2. The predicted octanol–water partition coefficient (Wildman–Crippen LogP) is 4.09. The average molecular weight is 348 g/mol. The molecule has 0 heterocycles. The van der Waals surface area contributed by atoms with Crippen LogP contribution in [0, 0.1) is 17.1 Å². The molecule has 0 amide bonds. The summed E-state index contributed by atoms with van der Waals surface area (Å²) in [6.45, 7) is 0. The van der Waals surface area contributed by atoms with Crippen LogP contribution in [0.1, 0.15) is 21.8 Å². The molecule has 0 spiro atoms. The highest BCUT2D eigenvalue weighted by Gasteiger charge is 2.26. The van der Waals surface area contributed by atoms with Gasteiger partial charge in [-0.05, 0) is 45.8 Å². The number of benzene rings is 2. The lowest BCUT2D eigenvalue weighted by molar-refractivity contribution is 0.0974. The first kappa shape index (κ1) is 15.2. The van der Waals surface area contributed by atoms with Crippen molar-refractivity contribution in [3.05, 3.63) is 63.9 Å². The van der Waals surface area contributed by atoms with Crippen molar-refractivity contribution >= 4 is 21.7 Å². The summed E-state index contributed by atoms with van der Waals surface area (Å²) in [4.78, 5) is 12.4. The van der Waals surface area contributed by atoms with Gasteiger partial charge in [0, 0.05) is 4.47 Å². The minimum Gasteiger partial charge on any atom is -0.497 e. The van der Waals surface area contributed by atoms with E-state index < -0.39 is 17.5 Å². The summed E-state index contributed by atoms with van der Waals surface area (Å²) in [5.74, 6) is -1.67. The van der Waals surface area contributed by atoms with Crippen LogP contribution >= 0.6 is 15.9 Å². The van der Waals surface area contributed by atoms with Gasteiger partial charge in [-0.15, -0.1) is 0 Å². The fourth-order valence-corrected chi connectivity index (χ4v) is 2.50. The zero-order valence-electron chi connectivity index (χ0n) is 11.1. The topological polar surface area (TPSA) is 50.1 Å². The second-order valence-corrected chi connectivity index (χ2v) is 5.15. The molecule has 0 N–H and O–H groups in total. The Morgan fingerprint density at radius 1 is 1.29 bits per heavy atom. The molecule has 0 aliphatic rings. The van der Waals surface area contributed by atoms with Crippen molar-refractivity contribution in [1.82, 2.24) is 0 Å². The first-order valence-corrected chi connectivity index (χ1v) is 6.89. The molecule has 0 radical (unpaired) electrons. The third-order valence-electron chi connectivity index (χ3n) is 3.05. The summed E-state index contributed by atoms with van der Waals surface area (Å²) in [7, 11) is 1.53. The van der Waals surface area contributed by atoms with Gasteiger partial charge in [-0.2, -0.15) is 5.26 Å². The Morgan fingerprint density at radius 3 is 2.48 bits per heavy atom. The van der Waals surface area contributed by atoms with E-state index in [9.17, 15) is 14.4 Å². The highest BCUT2D eigenvalue weighted by Crippen LogP contribution is 2.28. The number of ketones is 1. The van der Waals surface area contributed by atoms with Gasteiger partial charge in [0.2, 0.25) is 0 Å². The quantitative estimate of drug-likeness (QED) is 0.782. The molecule has 0 saturated heterocycles. The Morgan fingerprint density at radius 2 is 1.95 bits per heavy atom. The summed E-state index contributed by atoms with van der Waals surface area (Å²) in [5.41, 5.74) is 0.387. The monoisotopic (exact) mass is 347 g/mol. The maximum absolute atomic E-state index is 13.9. The number of carbonyl (C=O) groups excluding carboxylic acids is 1. The Hall–Kier alpha value is -2.19. The lowest BCUT2D eigenvalue weighted by Crippen LogP contribution is -2.13. The van der Waals surface area contributed by atoms with E-state index in [1.165, 1.54) is 19.2 Å². The van der Waals surface area contributed by atoms with Crippen molar-refractivity contribution < 1.29 is 13.9 Å². The van der Waals surface area contributed by atoms with Crippen LogP contribution in [0.15, 0.2) is 46.9 Å². The molecule has 0 aliphatic carbocycles. The van der Waals surface area contributed by atoms with Crippen LogP contribution in [0.25, 0.3) is 0 Å². The van der Waals surface area contributed by atoms with Crippen LogP contribution in [0.2, 0.25) is 0 Å². The maximum Gasteiger partial charge on any atom is 0.188 e. The van der Waals surface area contributed by atoms with Gasteiger partial charge >= 0.3 is 0 Å². The number of nitriles is 1. The standard InChI is InChI=1S/C16H11BrFNO2/c1-21-11-7-5-10(6-8-11)12(9-19)16(20)15-13(17)3-2-4-14(15)18/h2-8,12H,1H3. The molecule has 0 fully saturated rings. The molecular formula is C16H11BrFNO2. The molecule has 0 saturated carbocycles. The maximum atomic E-state index is 13.9. The molecule has 0 bridgehead atoms. The van der Waals surface area contributed by atoms with E-state index in [0.29, 0.717) is 15.8 Å². The molecule has 0 aliphatic heterocycles. The highest BCUT2D eigenvalue weighted by atomic mass is 79.9. The van der Waals surface area contributed by atoms with Gasteiger partial charge in [0.05, 0.1) is 18.7 Å². The van der Waals surface area contributed by atoms with Crippen molar-refractivity contribution in [2.45, 2.75) is 5.92 Å². The lowest BCUT2D eigenvalue weighted by atomic mass is 9.91. The van der Waals surface area contributed by atoms with Gasteiger partial charge in [0.25, 0.3) is 0 Å². The zero-order chi connectivity index (χ0) is 15.4. The molecular weight excluding hydrogens is 337 g/mol. The normalized spacial score (nSPS) is 11.5. The fourth-order valence-electron chi connectivity index (χ4n) is 1.96. The minimum absolute atomic E-state index is 0.111. The largest absolute Gasteiger partial charge is 0.497 e. The molecule has 21 heavy (non-hydrogen) atoms. The minimum atomic E-state index is -1.07. The average Bonchev–Trinajstić information content (AvgIpc) is 2.48. The highest BCUT2D eigenvalue weighted by molar-refractivity contribution is 9.10. The van der Waals surface area contributed by atoms with Gasteiger partial charge in [-0.3, -0.25) is 4.79 Å². The Labute approximate surface area is 130 Å². The molecule has 1 atom stereocenters. The van der Waals surface area contributed by atoms with E-state index in [1.807, 2.05) is 6.07 Å². The molecule has 0 aromatic heterocycles. The van der Waals surface area contributed by atoms with Crippen molar-refractivity contribution in [1.29, 1.82) is 5.26 Å². The van der Waals surface area contributed by atoms with Crippen LogP contribution in [0.5, 0.6) is 5.75 Å². The van der Waals surface area contributed by atoms with Crippen LogP contribution in [0.3, 0.4) is 0 Å². The number of Topliss-reactive ketones (excluding diaryl/α,β-unsaturated/α-hetero) is 1. The predicted molar refractivity (Wildman–Crippen MR) is 79.8 cm³/mol. The first-order chi connectivity index (χ1) is 10.1. The number of methoxy groups -OCH3 is 1.